The Kier molecular flexibility index (Phi) is 4.92. The molecule has 0 saturated carbocycles. The molecular formula is C15H20N4O2. The van der Waals surface area contributed by atoms with Crippen molar-refractivity contribution in [3.05, 3.63) is 35.9 Å². The number of allylic oxidation sites excluding steroid dienone is 1. The highest BCUT2D eigenvalue weighted by Crippen LogP contribution is 2.29. The monoisotopic (exact) mass is 288 g/mol. The van der Waals surface area contributed by atoms with Crippen LogP contribution in [0.3, 0.4) is 0 Å². The summed E-state index contributed by atoms with van der Waals surface area (Å²) < 4.78 is 12.4. The molecule has 0 atom stereocenters. The first-order valence-electron chi connectivity index (χ1n) is 6.78. The zero-order valence-corrected chi connectivity index (χ0v) is 12.8. The second kappa shape index (κ2) is 6.88. The summed E-state index contributed by atoms with van der Waals surface area (Å²) in [4.78, 5) is 4.33. The van der Waals surface area contributed by atoms with Crippen molar-refractivity contribution in [1.29, 1.82) is 0 Å². The molecule has 0 amide bonds. The van der Waals surface area contributed by atoms with Crippen LogP contribution in [-0.4, -0.2) is 34.2 Å². The number of methoxy groups -OCH3 is 2. The van der Waals surface area contributed by atoms with E-state index in [1.807, 2.05) is 12.3 Å². The molecule has 21 heavy (non-hydrogen) atoms. The Balaban J connectivity index is 2.19. The zero-order valence-electron chi connectivity index (χ0n) is 12.8. The predicted octanol–water partition coefficient (Wildman–Crippen LogP) is 2.41. The van der Waals surface area contributed by atoms with Gasteiger partial charge in [0.2, 0.25) is 0 Å². The predicted molar refractivity (Wildman–Crippen MR) is 80.3 cm³/mol. The van der Waals surface area contributed by atoms with E-state index in [1.165, 1.54) is 0 Å². The number of pyridine rings is 1. The van der Waals surface area contributed by atoms with Gasteiger partial charge in [-0.25, -0.2) is 4.68 Å². The molecule has 0 unspecified atom stereocenters. The van der Waals surface area contributed by atoms with E-state index in [1.54, 1.807) is 31.2 Å². The highest BCUT2D eigenvalue weighted by Gasteiger charge is 2.12. The Morgan fingerprint density at radius 2 is 2.10 bits per heavy atom. The van der Waals surface area contributed by atoms with E-state index in [0.29, 0.717) is 24.0 Å². The number of nitrogens with zero attached hydrogens (tertiary/aromatic N) is 4. The lowest BCUT2D eigenvalue weighted by Gasteiger charge is -2.11. The Bertz CT molecular complexity index is 620. The van der Waals surface area contributed by atoms with Crippen molar-refractivity contribution in [1.82, 2.24) is 20.0 Å². The topological polar surface area (TPSA) is 62.1 Å². The van der Waals surface area contributed by atoms with E-state index in [4.69, 9.17) is 9.47 Å². The molecule has 2 rings (SSSR count). The van der Waals surface area contributed by atoms with Crippen LogP contribution < -0.4 is 9.47 Å². The van der Waals surface area contributed by atoms with Gasteiger partial charge in [0.15, 0.2) is 11.5 Å². The Morgan fingerprint density at radius 1 is 1.29 bits per heavy atom. The summed E-state index contributed by atoms with van der Waals surface area (Å²) in [5.41, 5.74) is 1.58. The first kappa shape index (κ1) is 15.0. The van der Waals surface area contributed by atoms with E-state index < -0.39 is 0 Å². The quantitative estimate of drug-likeness (QED) is 0.817. The van der Waals surface area contributed by atoms with Gasteiger partial charge in [-0.15, -0.1) is 5.10 Å². The van der Waals surface area contributed by atoms with Crippen molar-refractivity contribution >= 4 is 6.08 Å². The molecule has 0 aliphatic carbocycles. The van der Waals surface area contributed by atoms with Gasteiger partial charge in [-0.2, -0.15) is 0 Å². The van der Waals surface area contributed by atoms with Gasteiger partial charge in [-0.3, -0.25) is 4.98 Å². The van der Waals surface area contributed by atoms with Crippen LogP contribution in [0.1, 0.15) is 25.2 Å². The van der Waals surface area contributed by atoms with Gasteiger partial charge in [-0.1, -0.05) is 25.1 Å². The third-order valence-corrected chi connectivity index (χ3v) is 2.89. The number of rotatable bonds is 6. The Labute approximate surface area is 124 Å². The molecular weight excluding hydrogens is 268 g/mol. The second-order valence-electron chi connectivity index (χ2n) is 4.94. The molecule has 0 fully saturated rings. The van der Waals surface area contributed by atoms with Gasteiger partial charge in [-0.05, 0) is 12.0 Å². The normalized spacial score (nSPS) is 11.3. The fourth-order valence-electron chi connectivity index (χ4n) is 1.87. The average Bonchev–Trinajstić information content (AvgIpc) is 2.92. The molecule has 0 saturated heterocycles. The smallest absolute Gasteiger partial charge is 0.184 e. The maximum atomic E-state index is 5.36. The van der Waals surface area contributed by atoms with E-state index >= 15 is 0 Å². The van der Waals surface area contributed by atoms with Crippen molar-refractivity contribution in [2.24, 2.45) is 5.92 Å². The van der Waals surface area contributed by atoms with Crippen LogP contribution in [0, 0.1) is 5.92 Å². The second-order valence-corrected chi connectivity index (χ2v) is 4.94. The lowest BCUT2D eigenvalue weighted by molar-refractivity contribution is 0.348. The van der Waals surface area contributed by atoms with Crippen LogP contribution in [0.2, 0.25) is 0 Å². The molecule has 2 aromatic rings. The van der Waals surface area contributed by atoms with Gasteiger partial charge < -0.3 is 9.47 Å². The molecule has 112 valence electrons. The molecule has 0 aromatic carbocycles. The molecule has 0 spiro atoms. The summed E-state index contributed by atoms with van der Waals surface area (Å²) in [6.07, 6.45) is 7.61. The Hall–Kier alpha value is -2.37. The maximum absolute atomic E-state index is 5.36. The summed E-state index contributed by atoms with van der Waals surface area (Å²) in [6.45, 7) is 4.71. The van der Waals surface area contributed by atoms with Gasteiger partial charge in [0.1, 0.15) is 11.4 Å². The number of aromatic nitrogens is 4. The van der Waals surface area contributed by atoms with Gasteiger partial charge in [0.25, 0.3) is 0 Å². The molecule has 0 N–H and O–H groups in total. The highest BCUT2D eigenvalue weighted by molar-refractivity contribution is 5.44. The number of hydrogen-bond donors (Lipinski definition) is 0. The lowest BCUT2D eigenvalue weighted by Crippen LogP contribution is -2.05. The minimum atomic E-state index is 0.475. The van der Waals surface area contributed by atoms with Crippen LogP contribution in [-0.2, 0) is 6.54 Å². The van der Waals surface area contributed by atoms with Crippen molar-refractivity contribution in [3.8, 4) is 11.5 Å². The van der Waals surface area contributed by atoms with Crippen molar-refractivity contribution in [3.63, 3.8) is 0 Å². The van der Waals surface area contributed by atoms with E-state index in [2.05, 4.69) is 35.2 Å². The average molecular weight is 288 g/mol. The lowest BCUT2D eigenvalue weighted by atomic mass is 10.2. The van der Waals surface area contributed by atoms with Gasteiger partial charge in [0.05, 0.1) is 27.0 Å². The number of ether oxygens (including phenoxy) is 2. The summed E-state index contributed by atoms with van der Waals surface area (Å²) in [7, 11) is 3.20. The maximum Gasteiger partial charge on any atom is 0.184 e. The third-order valence-electron chi connectivity index (χ3n) is 2.89. The fourth-order valence-corrected chi connectivity index (χ4v) is 1.87. The van der Waals surface area contributed by atoms with Crippen LogP contribution in [0.4, 0.5) is 0 Å². The molecule has 0 aliphatic heterocycles. The van der Waals surface area contributed by atoms with Crippen molar-refractivity contribution < 1.29 is 9.47 Å². The van der Waals surface area contributed by atoms with E-state index in [9.17, 15) is 0 Å². The van der Waals surface area contributed by atoms with Crippen molar-refractivity contribution in [2.45, 2.75) is 20.4 Å². The first-order chi connectivity index (χ1) is 10.1. The van der Waals surface area contributed by atoms with Crippen LogP contribution in [0.25, 0.3) is 6.08 Å². The van der Waals surface area contributed by atoms with Crippen LogP contribution >= 0.6 is 0 Å². The molecule has 0 bridgehead atoms. The molecule has 2 heterocycles. The molecule has 6 heteroatoms. The minimum Gasteiger partial charge on any atom is -0.493 e. The van der Waals surface area contributed by atoms with E-state index in [-0.39, 0.29) is 0 Å². The summed E-state index contributed by atoms with van der Waals surface area (Å²) >= 11 is 0. The van der Waals surface area contributed by atoms with E-state index in [0.717, 1.165) is 11.4 Å². The van der Waals surface area contributed by atoms with Gasteiger partial charge in [0, 0.05) is 12.3 Å². The van der Waals surface area contributed by atoms with Gasteiger partial charge >= 0.3 is 0 Å². The zero-order chi connectivity index (χ0) is 15.2. The first-order valence-corrected chi connectivity index (χ1v) is 6.78. The van der Waals surface area contributed by atoms with Crippen LogP contribution in [0.5, 0.6) is 11.5 Å². The fraction of sp³-hybridized carbons (Fsp3) is 0.400. The van der Waals surface area contributed by atoms with Crippen LogP contribution in [0.15, 0.2) is 24.5 Å². The molecule has 0 aliphatic rings. The largest absolute Gasteiger partial charge is 0.493 e. The Morgan fingerprint density at radius 3 is 2.76 bits per heavy atom. The SMILES string of the molecule is COc1ccnc(Cn2cc(/C=C/C(C)C)nn2)c1OC. The van der Waals surface area contributed by atoms with Crippen molar-refractivity contribution in [2.75, 3.05) is 14.2 Å². The third kappa shape index (κ3) is 3.81. The summed E-state index contributed by atoms with van der Waals surface area (Å²) in [5.74, 6) is 1.76. The summed E-state index contributed by atoms with van der Waals surface area (Å²) in [5, 5.41) is 8.21. The minimum absolute atomic E-state index is 0.475. The molecule has 6 nitrogen and oxygen atoms in total. The highest BCUT2D eigenvalue weighted by atomic mass is 16.5. The molecule has 2 aromatic heterocycles. The summed E-state index contributed by atoms with van der Waals surface area (Å²) in [6, 6.07) is 1.76. The number of hydrogen-bond acceptors (Lipinski definition) is 5. The standard InChI is InChI=1S/C15H20N4O2/c1-11(2)5-6-12-9-19(18-17-12)10-13-15(21-4)14(20-3)7-8-16-13/h5-9,11H,10H2,1-4H3/b6-5+. The molecule has 0 radical (unpaired) electrons.